The van der Waals surface area contributed by atoms with Crippen molar-refractivity contribution in [2.45, 2.75) is 146 Å². The maximum absolute atomic E-state index is 15.7. The molecule has 0 unspecified atom stereocenters. The molecule has 6 N–H and O–H groups in total. The van der Waals surface area contributed by atoms with E-state index in [1.165, 1.54) is 0 Å². The number of hydrogen-bond acceptors (Lipinski definition) is 11. The van der Waals surface area contributed by atoms with Gasteiger partial charge >= 0.3 is 0 Å². The van der Waals surface area contributed by atoms with Gasteiger partial charge in [-0.3, -0.25) is 9.59 Å². The van der Waals surface area contributed by atoms with Crippen molar-refractivity contribution >= 4 is 39.0 Å². The number of phenolic OH excluding ortho intramolecular Hbond substituents is 1. The number of anilines is 1. The lowest BCUT2D eigenvalue weighted by Crippen LogP contribution is -2.73. The Morgan fingerprint density at radius 1 is 0.968 bits per heavy atom. The third kappa shape index (κ3) is 5.67. The van der Waals surface area contributed by atoms with Gasteiger partial charge in [0.1, 0.15) is 17.5 Å². The van der Waals surface area contributed by atoms with Crippen molar-refractivity contribution in [2.75, 3.05) is 29.6 Å². The lowest BCUT2D eigenvalue weighted by Gasteiger charge is -2.70. The minimum absolute atomic E-state index is 0.0147. The van der Waals surface area contributed by atoms with Crippen LogP contribution in [-0.2, 0) is 20.7 Å². The largest absolute Gasteiger partial charge is 0.508 e. The topological polar surface area (TPSA) is 171 Å². The zero-order valence-electron chi connectivity index (χ0n) is 37.3. The van der Waals surface area contributed by atoms with Gasteiger partial charge in [-0.2, -0.15) is 0 Å². The van der Waals surface area contributed by atoms with Gasteiger partial charge in [-0.25, -0.2) is 0 Å². The van der Waals surface area contributed by atoms with E-state index in [0.717, 1.165) is 43.2 Å². The van der Waals surface area contributed by atoms with E-state index in [-0.39, 0.29) is 65.7 Å². The van der Waals surface area contributed by atoms with Crippen molar-refractivity contribution in [2.24, 2.45) is 69.0 Å². The lowest BCUT2D eigenvalue weighted by atomic mass is 9.34. The Morgan fingerprint density at radius 3 is 2.59 bits per heavy atom. The number of carbonyl (C=O) groups excluding carboxylic acids is 2. The van der Waals surface area contributed by atoms with Crippen molar-refractivity contribution in [3.63, 3.8) is 0 Å². The molecule has 3 spiro atoms. The molecule has 7 fully saturated rings. The second-order valence-corrected chi connectivity index (χ2v) is 25.2. The summed E-state index contributed by atoms with van der Waals surface area (Å²) in [6.45, 7) is 7.01. The Labute approximate surface area is 380 Å². The summed E-state index contributed by atoms with van der Waals surface area (Å²) in [5, 5.41) is 73.5. The maximum Gasteiger partial charge on any atom is 0.233 e. The molecule has 13 rings (SSSR count). The second kappa shape index (κ2) is 15.1. The summed E-state index contributed by atoms with van der Waals surface area (Å²) in [6, 6.07) is 5.49. The normalized spacial score (nSPS) is 49.3. The number of aliphatic hydroxyl groups is 5. The van der Waals surface area contributed by atoms with Gasteiger partial charge in [0.2, 0.25) is 5.91 Å². The van der Waals surface area contributed by atoms with Crippen LogP contribution in [-0.4, -0.2) is 103 Å². The molecule has 344 valence electrons. The molecule has 1 amide bonds. The standard InChI is InChI=1S/C51H69NO9S2/c1-28(2)29(3)43-44(61-43)50(59)14-5-9-31-21-37-38-23-41(56)49(36-10-6-13-46(37,49)24-39(55)42(36)57)27-63-62-26-33-8-4-7-32(25-53)47(33)17-18-52(45(47)58)34-19-30(20-35(54)22-34)11-15-48(31)40(50)12-16-51(38,48)60/h5,9,19-20,22-23,28-29,31-33,36-37,39-40,42-44,53-55,57,59-60H,4,6-8,10-18,21,24-27H2,1-3H3/t29-,31-,32+,33+,36+,37+,39+,40+,42-,43+,44-,46-,47-,48-,49+,50-,51-/m1/s1. The van der Waals surface area contributed by atoms with E-state index in [1.54, 1.807) is 33.7 Å². The zero-order valence-corrected chi connectivity index (χ0v) is 38.9. The van der Waals surface area contributed by atoms with Crippen LogP contribution in [0.25, 0.3) is 0 Å². The highest BCUT2D eigenvalue weighted by atomic mass is 33.1. The Bertz CT molecular complexity index is 2110. The fourth-order valence-electron chi connectivity index (χ4n) is 17.3. The number of epoxide rings is 1. The molecule has 0 aromatic heterocycles. The Balaban J connectivity index is 1.09. The predicted octanol–water partition coefficient (Wildman–Crippen LogP) is 6.77. The zero-order chi connectivity index (χ0) is 44.1. The quantitative estimate of drug-likeness (QED) is 0.107. The average molecular weight is 904 g/mol. The van der Waals surface area contributed by atoms with Crippen molar-refractivity contribution in [3.8, 4) is 5.75 Å². The first-order chi connectivity index (χ1) is 30.1. The number of amides is 1. The van der Waals surface area contributed by atoms with Gasteiger partial charge < -0.3 is 40.3 Å². The van der Waals surface area contributed by atoms with Gasteiger partial charge in [-0.1, -0.05) is 67.4 Å². The smallest absolute Gasteiger partial charge is 0.233 e. The molecule has 17 atom stereocenters. The predicted molar refractivity (Wildman–Crippen MR) is 244 cm³/mol. The molecule has 5 aliphatic heterocycles. The van der Waals surface area contributed by atoms with Crippen molar-refractivity contribution in [1.29, 1.82) is 0 Å². The number of aromatic hydroxyl groups is 1. The molecule has 1 aromatic carbocycles. The second-order valence-electron chi connectivity index (χ2n) is 22.6. The van der Waals surface area contributed by atoms with E-state index in [9.17, 15) is 30.6 Å². The van der Waals surface area contributed by atoms with Gasteiger partial charge in [-0.05, 0) is 147 Å². The molecule has 5 saturated carbocycles. The summed E-state index contributed by atoms with van der Waals surface area (Å²) < 4.78 is 6.52. The highest BCUT2D eigenvalue weighted by Gasteiger charge is 2.79. The van der Waals surface area contributed by atoms with Gasteiger partial charge in [-0.15, -0.1) is 0 Å². The van der Waals surface area contributed by atoms with E-state index in [4.69, 9.17) is 4.74 Å². The summed E-state index contributed by atoms with van der Waals surface area (Å²) in [6.07, 6.45) is 12.4. The molecule has 63 heavy (non-hydrogen) atoms. The van der Waals surface area contributed by atoms with Crippen LogP contribution >= 0.6 is 21.6 Å². The number of fused-ring (bicyclic) bond motifs is 1. The highest BCUT2D eigenvalue weighted by Crippen LogP contribution is 2.78. The highest BCUT2D eigenvalue weighted by molar-refractivity contribution is 8.76. The fraction of sp³-hybridized carbons (Fsp3) is 0.765. The Hall–Kier alpha value is -1.90. The molecule has 0 radical (unpaired) electrons. The van der Waals surface area contributed by atoms with E-state index in [2.05, 4.69) is 32.9 Å². The third-order valence-corrected chi connectivity index (χ3v) is 23.1. The van der Waals surface area contributed by atoms with E-state index in [1.807, 2.05) is 17.0 Å². The van der Waals surface area contributed by atoms with Gasteiger partial charge in [0.15, 0.2) is 5.78 Å². The molecular formula is C51H69NO9S2. The summed E-state index contributed by atoms with van der Waals surface area (Å²) >= 11 is 0. The van der Waals surface area contributed by atoms with Gasteiger partial charge in [0.05, 0.1) is 34.7 Å². The maximum atomic E-state index is 15.7. The van der Waals surface area contributed by atoms with E-state index in [0.29, 0.717) is 87.4 Å². The summed E-state index contributed by atoms with van der Waals surface area (Å²) in [4.78, 5) is 32.6. The van der Waals surface area contributed by atoms with Crippen LogP contribution in [0.2, 0.25) is 0 Å². The van der Waals surface area contributed by atoms with Crippen LogP contribution in [0.3, 0.4) is 0 Å². The summed E-state index contributed by atoms with van der Waals surface area (Å²) in [5.74, 6) is 0.478. The summed E-state index contributed by atoms with van der Waals surface area (Å²) in [7, 11) is 3.39. The van der Waals surface area contributed by atoms with Crippen molar-refractivity contribution in [3.05, 3.63) is 47.6 Å². The first-order valence-electron chi connectivity index (χ1n) is 24.5. The molecule has 12 aliphatic rings. The molecule has 5 heterocycles. The number of nitrogens with zero attached hydrogens (tertiary/aromatic N) is 1. The number of benzene rings is 1. The summed E-state index contributed by atoms with van der Waals surface area (Å²) in [5.41, 5.74) is -3.72. The number of phenols is 1. The molecule has 12 heteroatoms. The van der Waals surface area contributed by atoms with E-state index >= 15 is 9.59 Å². The average Bonchev–Trinajstić information content (AvgIpc) is 3.93. The minimum Gasteiger partial charge on any atom is -0.508 e. The van der Waals surface area contributed by atoms with Crippen LogP contribution in [0.15, 0.2) is 42.0 Å². The van der Waals surface area contributed by atoms with Gasteiger partial charge in [0, 0.05) is 53.7 Å². The number of aliphatic hydroxyl groups excluding tert-OH is 3. The van der Waals surface area contributed by atoms with Gasteiger partial charge in [0.25, 0.3) is 0 Å². The van der Waals surface area contributed by atoms with Crippen LogP contribution in [0.5, 0.6) is 5.75 Å². The molecule has 1 aromatic rings. The molecule has 7 aliphatic carbocycles. The first-order valence-corrected chi connectivity index (χ1v) is 27.0. The number of rotatable bonds is 4. The number of ether oxygens (including phenoxy) is 1. The number of carbonyl (C=O) groups is 2. The lowest BCUT2D eigenvalue weighted by molar-refractivity contribution is -0.227. The SMILES string of the molecule is CC(C)[C@@H](C)[C@@H]1O[C@H]1[C@@]1(O)CC=C[C@@H]2C[C@H]3C4=CC(=O)[C@]5(CSSC[C@@H]6CCC[C@@H](CO)[C@]67CCN(C7=O)c6cc(O)cc(c6)CC[C@]26[C@@H]1CC[C@@]46O)[C@H]1CCC[C@@]35C[C@H](O)[C@@H]1O. The number of hydrogen-bond donors (Lipinski definition) is 6. The van der Waals surface area contributed by atoms with Crippen LogP contribution in [0.4, 0.5) is 5.69 Å². The Morgan fingerprint density at radius 2 is 1.79 bits per heavy atom. The van der Waals surface area contributed by atoms with E-state index < -0.39 is 57.1 Å². The molecular weight excluding hydrogens is 835 g/mol. The van der Waals surface area contributed by atoms with Crippen molar-refractivity contribution in [1.82, 2.24) is 0 Å². The minimum atomic E-state index is -1.46. The van der Waals surface area contributed by atoms with Crippen molar-refractivity contribution < 1.29 is 45.0 Å². The monoisotopic (exact) mass is 903 g/mol. The first kappa shape index (κ1) is 43.7. The molecule has 10 bridgehead atoms. The van der Waals surface area contributed by atoms with Crippen LogP contribution in [0.1, 0.15) is 110 Å². The number of ketones is 1. The number of allylic oxidation sites excluding steroid dienone is 2. The molecule has 10 nitrogen and oxygen atoms in total. The Kier molecular flexibility index (Phi) is 10.4. The number of aryl methyl sites for hydroxylation is 1. The fourth-order valence-corrected chi connectivity index (χ4v) is 20.6. The van der Waals surface area contributed by atoms with Crippen LogP contribution in [0, 0.1) is 69.0 Å². The molecule has 2 saturated heterocycles. The van der Waals surface area contributed by atoms with Crippen LogP contribution < -0.4 is 4.90 Å². The third-order valence-electron chi connectivity index (χ3n) is 20.5.